The Labute approximate surface area is 203 Å². The van der Waals surface area contributed by atoms with Crippen LogP contribution in [0.15, 0.2) is 57.7 Å². The summed E-state index contributed by atoms with van der Waals surface area (Å²) in [6.45, 7) is 1.37. The summed E-state index contributed by atoms with van der Waals surface area (Å²) in [5.74, 6) is -3.23. The van der Waals surface area contributed by atoms with Crippen molar-refractivity contribution in [1.29, 1.82) is 0 Å². The minimum absolute atomic E-state index is 0.0484. The van der Waals surface area contributed by atoms with Crippen LogP contribution in [0.3, 0.4) is 0 Å². The second-order valence-corrected chi connectivity index (χ2v) is 8.51. The summed E-state index contributed by atoms with van der Waals surface area (Å²) in [5, 5.41) is 50.5. The zero-order valence-electron chi connectivity index (χ0n) is 19.0. The van der Waals surface area contributed by atoms with Crippen LogP contribution in [-0.2, 0) is 14.3 Å². The van der Waals surface area contributed by atoms with E-state index in [-0.39, 0.29) is 34.5 Å². The van der Waals surface area contributed by atoms with E-state index in [0.29, 0.717) is 5.56 Å². The highest BCUT2D eigenvalue weighted by atomic mass is 16.7. The normalized spacial score (nSPS) is 24.8. The number of Topliss-reactive ketones (excluding diaryl/α,β-unsaturated/α-hetero) is 1. The fraction of sp³-hybridized carbons (Fsp3) is 0.320. The van der Waals surface area contributed by atoms with E-state index in [0.717, 1.165) is 0 Å². The molecule has 11 nitrogen and oxygen atoms in total. The van der Waals surface area contributed by atoms with Gasteiger partial charge in [-0.15, -0.1) is 0 Å². The Morgan fingerprint density at radius 2 is 1.69 bits per heavy atom. The number of carbonyl (C=O) groups is 2. The van der Waals surface area contributed by atoms with Gasteiger partial charge in [0.15, 0.2) is 17.4 Å². The van der Waals surface area contributed by atoms with Crippen molar-refractivity contribution >= 4 is 22.7 Å². The molecule has 1 saturated heterocycles. The minimum Gasteiger partial charge on any atom is -0.507 e. The number of aliphatic hydroxyl groups excluding tert-OH is 3. The number of ether oxygens (including phenoxy) is 2. The molecule has 1 unspecified atom stereocenters. The topological polar surface area (TPSA) is 184 Å². The number of carbonyl (C=O) groups excluding carboxylic acids is 1. The lowest BCUT2D eigenvalue weighted by Gasteiger charge is -2.38. The molecule has 0 radical (unpaired) electrons. The number of rotatable bonds is 7. The summed E-state index contributed by atoms with van der Waals surface area (Å²) in [6.07, 6.45) is -9.37. The number of para-hydroxylation sites is 1. The molecule has 2 aromatic carbocycles. The first kappa shape index (κ1) is 25.3. The van der Waals surface area contributed by atoms with E-state index in [1.165, 1.54) is 25.1 Å². The van der Waals surface area contributed by atoms with Gasteiger partial charge in [0.1, 0.15) is 29.8 Å². The van der Waals surface area contributed by atoms with E-state index >= 15 is 0 Å². The maximum absolute atomic E-state index is 13.1. The highest BCUT2D eigenvalue weighted by Gasteiger charge is 2.48. The Balaban J connectivity index is 1.77. The largest absolute Gasteiger partial charge is 0.507 e. The van der Waals surface area contributed by atoms with Gasteiger partial charge in [-0.25, -0.2) is 9.59 Å². The molecule has 0 spiro atoms. The zero-order chi connectivity index (χ0) is 26.1. The molecule has 11 heteroatoms. The second-order valence-electron chi connectivity index (χ2n) is 8.51. The van der Waals surface area contributed by atoms with Crippen molar-refractivity contribution in [2.75, 3.05) is 0 Å². The molecule has 3 aromatic rings. The van der Waals surface area contributed by atoms with Crippen LogP contribution >= 0.6 is 0 Å². The van der Waals surface area contributed by atoms with Crippen LogP contribution in [0.4, 0.5) is 0 Å². The quantitative estimate of drug-likeness (QED) is 0.290. The van der Waals surface area contributed by atoms with E-state index in [1.807, 2.05) is 0 Å². The number of carboxylic acids is 1. The second kappa shape index (κ2) is 10.1. The summed E-state index contributed by atoms with van der Waals surface area (Å²) >= 11 is 0. The molecule has 1 fully saturated rings. The molecule has 2 heterocycles. The number of fused-ring (bicyclic) bond motifs is 1. The van der Waals surface area contributed by atoms with E-state index in [4.69, 9.17) is 13.9 Å². The standard InChI is InChI=1S/C25H24O11/c1-11(26)10-14(12-6-3-2-4-7-12)16-17(27)13-8-5-9-15(21(13)35-24(16)33)34-25-20(30)18(28)19(29)22(36-25)23(31)32/h2-9,14,18-20,22,25,27-30H,10H2,1H3,(H,31,32)/t14?,18-,19-,20+,22-,25+/m0/s1. The lowest BCUT2D eigenvalue weighted by Crippen LogP contribution is -2.61. The van der Waals surface area contributed by atoms with Crippen molar-refractivity contribution in [1.82, 2.24) is 0 Å². The van der Waals surface area contributed by atoms with Gasteiger partial charge in [0.2, 0.25) is 6.29 Å². The molecule has 5 N–H and O–H groups in total. The van der Waals surface area contributed by atoms with Crippen molar-refractivity contribution in [3.63, 3.8) is 0 Å². The molecule has 190 valence electrons. The molecule has 4 rings (SSSR count). The third-order valence-corrected chi connectivity index (χ3v) is 6.00. The van der Waals surface area contributed by atoms with Crippen LogP contribution < -0.4 is 10.4 Å². The molecular formula is C25H24O11. The summed E-state index contributed by atoms with van der Waals surface area (Å²) in [5.41, 5.74) is -0.677. The molecule has 1 aliphatic rings. The first-order valence-corrected chi connectivity index (χ1v) is 11.0. The van der Waals surface area contributed by atoms with Crippen LogP contribution in [0.2, 0.25) is 0 Å². The third kappa shape index (κ3) is 4.69. The Morgan fingerprint density at radius 1 is 1.00 bits per heavy atom. The Bertz CT molecular complexity index is 1330. The molecule has 36 heavy (non-hydrogen) atoms. The number of carboxylic acid groups (broad SMARTS) is 1. The van der Waals surface area contributed by atoms with Crippen LogP contribution in [0.5, 0.6) is 11.5 Å². The zero-order valence-corrected chi connectivity index (χ0v) is 19.0. The average molecular weight is 500 g/mol. The van der Waals surface area contributed by atoms with Crippen molar-refractivity contribution in [3.05, 3.63) is 70.1 Å². The van der Waals surface area contributed by atoms with Crippen LogP contribution in [0.25, 0.3) is 11.0 Å². The van der Waals surface area contributed by atoms with E-state index in [2.05, 4.69) is 0 Å². The van der Waals surface area contributed by atoms with Crippen molar-refractivity contribution in [2.45, 2.75) is 50.0 Å². The van der Waals surface area contributed by atoms with Gasteiger partial charge in [-0.2, -0.15) is 0 Å². The maximum Gasteiger partial charge on any atom is 0.343 e. The van der Waals surface area contributed by atoms with E-state index in [1.54, 1.807) is 30.3 Å². The van der Waals surface area contributed by atoms with Gasteiger partial charge in [0.05, 0.1) is 10.9 Å². The van der Waals surface area contributed by atoms with E-state index in [9.17, 15) is 39.9 Å². The molecular weight excluding hydrogens is 476 g/mol. The van der Waals surface area contributed by atoms with Crippen molar-refractivity contribution in [2.24, 2.45) is 0 Å². The number of aliphatic carboxylic acids is 1. The number of benzene rings is 2. The first-order chi connectivity index (χ1) is 17.1. The maximum atomic E-state index is 13.1. The first-order valence-electron chi connectivity index (χ1n) is 11.0. The molecule has 0 bridgehead atoms. The van der Waals surface area contributed by atoms with Gasteiger partial charge in [-0.3, -0.25) is 4.79 Å². The number of ketones is 1. The lowest BCUT2D eigenvalue weighted by atomic mass is 9.87. The monoisotopic (exact) mass is 500 g/mol. The highest BCUT2D eigenvalue weighted by Crippen LogP contribution is 2.39. The van der Waals surface area contributed by atoms with Gasteiger partial charge in [-0.1, -0.05) is 36.4 Å². The van der Waals surface area contributed by atoms with E-state index < -0.39 is 54.0 Å². The Morgan fingerprint density at radius 3 is 2.33 bits per heavy atom. The van der Waals surface area contributed by atoms with Gasteiger partial charge < -0.3 is 39.4 Å². The van der Waals surface area contributed by atoms with Crippen LogP contribution in [0, 0.1) is 0 Å². The van der Waals surface area contributed by atoms with Gasteiger partial charge in [0, 0.05) is 12.3 Å². The number of aliphatic hydroxyl groups is 3. The molecule has 6 atom stereocenters. The molecule has 0 amide bonds. The van der Waals surface area contributed by atoms with Gasteiger partial charge >= 0.3 is 11.6 Å². The minimum atomic E-state index is -1.91. The summed E-state index contributed by atoms with van der Waals surface area (Å²) in [4.78, 5) is 36.4. The molecule has 0 saturated carbocycles. The van der Waals surface area contributed by atoms with Crippen molar-refractivity contribution < 1.29 is 49.0 Å². The Kier molecular flexibility index (Phi) is 7.09. The number of hydrogen-bond donors (Lipinski definition) is 5. The average Bonchev–Trinajstić information content (AvgIpc) is 2.84. The van der Waals surface area contributed by atoms with Crippen molar-refractivity contribution in [3.8, 4) is 11.5 Å². The third-order valence-electron chi connectivity index (χ3n) is 6.00. The SMILES string of the molecule is CC(=O)CC(c1ccccc1)c1c(O)c2cccc(O[C@@H]3O[C@H](C(=O)O)[C@@H](O)[C@H](O)[C@H]3O)c2oc1=O. The highest BCUT2D eigenvalue weighted by molar-refractivity contribution is 5.89. The number of aromatic hydroxyl groups is 1. The molecule has 1 aromatic heterocycles. The van der Waals surface area contributed by atoms with Crippen LogP contribution in [-0.4, -0.2) is 68.0 Å². The van der Waals surface area contributed by atoms with Crippen LogP contribution in [0.1, 0.15) is 30.4 Å². The summed E-state index contributed by atoms with van der Waals surface area (Å²) in [7, 11) is 0. The smallest absolute Gasteiger partial charge is 0.343 e. The lowest BCUT2D eigenvalue weighted by molar-refractivity contribution is -0.271. The van der Waals surface area contributed by atoms with Gasteiger partial charge in [0.25, 0.3) is 0 Å². The fourth-order valence-corrected chi connectivity index (χ4v) is 4.23. The molecule has 0 aliphatic carbocycles. The number of hydrogen-bond acceptors (Lipinski definition) is 10. The fourth-order valence-electron chi connectivity index (χ4n) is 4.23. The molecule has 1 aliphatic heterocycles. The summed E-state index contributed by atoms with van der Waals surface area (Å²) < 4.78 is 16.1. The predicted octanol–water partition coefficient (Wildman–Crippen LogP) is 0.881. The Hall–Kier alpha value is -3.77. The predicted molar refractivity (Wildman–Crippen MR) is 123 cm³/mol. The summed E-state index contributed by atoms with van der Waals surface area (Å²) in [6, 6.07) is 12.9. The van der Waals surface area contributed by atoms with Gasteiger partial charge in [-0.05, 0) is 24.6 Å².